The summed E-state index contributed by atoms with van der Waals surface area (Å²) in [5, 5.41) is 0. The smallest absolute Gasteiger partial charge is 0.261 e. The number of carbonyl (C=O) groups excluding carboxylic acids is 1. The van der Waals surface area contributed by atoms with Gasteiger partial charge in [0.15, 0.2) is 0 Å². The van der Waals surface area contributed by atoms with Crippen LogP contribution in [0.3, 0.4) is 0 Å². The molecule has 0 radical (unpaired) electrons. The predicted molar refractivity (Wildman–Crippen MR) is 117 cm³/mol. The molecule has 0 bridgehead atoms. The molecule has 8 heteroatoms. The van der Waals surface area contributed by atoms with E-state index in [4.69, 9.17) is 4.74 Å². The summed E-state index contributed by atoms with van der Waals surface area (Å²) >= 11 is 0. The maximum Gasteiger partial charge on any atom is 0.261 e. The van der Waals surface area contributed by atoms with Gasteiger partial charge >= 0.3 is 0 Å². The van der Waals surface area contributed by atoms with Gasteiger partial charge in [-0.15, -0.1) is 0 Å². The number of nitrogens with zero attached hydrogens (tertiary/aromatic N) is 1. The summed E-state index contributed by atoms with van der Waals surface area (Å²) in [6, 6.07) is 16.5. The van der Waals surface area contributed by atoms with E-state index in [2.05, 4.69) is 4.72 Å². The average molecular weight is 440 g/mol. The highest BCUT2D eigenvalue weighted by atomic mass is 32.2. The summed E-state index contributed by atoms with van der Waals surface area (Å²) in [5.41, 5.74) is 2.68. The number of carbonyl (C=O) groups is 1. The number of amides is 1. The first-order valence-corrected chi connectivity index (χ1v) is 11.2. The Bertz CT molecular complexity index is 1210. The molecule has 1 N–H and O–H groups in total. The lowest BCUT2D eigenvalue weighted by Crippen LogP contribution is -2.35. The predicted octanol–water partition coefficient (Wildman–Crippen LogP) is 4.23. The fourth-order valence-corrected chi connectivity index (χ4v) is 4.63. The van der Waals surface area contributed by atoms with Crippen molar-refractivity contribution in [3.05, 3.63) is 83.7 Å². The van der Waals surface area contributed by atoms with Gasteiger partial charge in [-0.25, -0.2) is 12.8 Å². The van der Waals surface area contributed by atoms with Crippen LogP contribution in [-0.2, 0) is 16.4 Å². The molecule has 1 aliphatic heterocycles. The van der Waals surface area contributed by atoms with Crippen LogP contribution >= 0.6 is 0 Å². The summed E-state index contributed by atoms with van der Waals surface area (Å²) < 4.78 is 45.7. The first kappa shape index (κ1) is 20.9. The van der Waals surface area contributed by atoms with E-state index in [0.29, 0.717) is 17.8 Å². The van der Waals surface area contributed by atoms with E-state index in [1.165, 1.54) is 24.3 Å². The van der Waals surface area contributed by atoms with Crippen LogP contribution in [0.2, 0.25) is 0 Å². The van der Waals surface area contributed by atoms with E-state index in [9.17, 15) is 17.6 Å². The molecule has 0 saturated heterocycles. The van der Waals surface area contributed by atoms with Gasteiger partial charge < -0.3 is 9.64 Å². The molecule has 1 heterocycles. The van der Waals surface area contributed by atoms with Gasteiger partial charge in [0.05, 0.1) is 12.0 Å². The number of hydrogen-bond acceptors (Lipinski definition) is 4. The van der Waals surface area contributed by atoms with Crippen molar-refractivity contribution in [3.8, 4) is 5.75 Å². The van der Waals surface area contributed by atoms with E-state index in [0.717, 1.165) is 42.0 Å². The highest BCUT2D eigenvalue weighted by Crippen LogP contribution is 2.31. The Labute approximate surface area is 180 Å². The molecule has 3 aromatic carbocycles. The molecule has 1 aliphatic rings. The fourth-order valence-electron chi connectivity index (χ4n) is 3.58. The zero-order valence-corrected chi connectivity index (χ0v) is 17.7. The summed E-state index contributed by atoms with van der Waals surface area (Å²) in [6.45, 7) is 0.608. The van der Waals surface area contributed by atoms with Gasteiger partial charge in [-0.05, 0) is 85.1 Å². The molecule has 0 fully saturated rings. The van der Waals surface area contributed by atoms with Gasteiger partial charge in [0.2, 0.25) is 0 Å². The van der Waals surface area contributed by atoms with Crippen molar-refractivity contribution in [2.45, 2.75) is 17.7 Å². The molecule has 0 spiro atoms. The van der Waals surface area contributed by atoms with Crippen molar-refractivity contribution < 1.29 is 22.3 Å². The van der Waals surface area contributed by atoms with Crippen LogP contribution < -0.4 is 14.4 Å². The molecule has 3 aromatic rings. The van der Waals surface area contributed by atoms with E-state index in [1.54, 1.807) is 24.1 Å². The molecule has 160 valence electrons. The standard InChI is InChI=1S/C23H21FN2O4S/c1-30-20-10-13-22-17(15-20)3-2-14-26(22)23(27)16-4-8-19(9-5-16)25-31(28,29)21-11-6-18(24)7-12-21/h4-13,15,25H,2-3,14H2,1H3. The lowest BCUT2D eigenvalue weighted by Gasteiger charge is -2.30. The minimum atomic E-state index is -3.85. The van der Waals surface area contributed by atoms with Crippen LogP contribution in [-0.4, -0.2) is 28.0 Å². The minimum absolute atomic E-state index is 0.0468. The molecule has 31 heavy (non-hydrogen) atoms. The van der Waals surface area contributed by atoms with Crippen LogP contribution in [0.4, 0.5) is 15.8 Å². The van der Waals surface area contributed by atoms with Crippen LogP contribution in [0, 0.1) is 5.82 Å². The second kappa shape index (κ2) is 8.39. The SMILES string of the molecule is COc1ccc2c(c1)CCCN2C(=O)c1ccc(NS(=O)(=O)c2ccc(F)cc2)cc1. The Morgan fingerprint density at radius 3 is 2.42 bits per heavy atom. The number of ether oxygens (including phenoxy) is 1. The van der Waals surface area contributed by atoms with Gasteiger partial charge in [0.1, 0.15) is 11.6 Å². The number of halogens is 1. The minimum Gasteiger partial charge on any atom is -0.497 e. The molecule has 6 nitrogen and oxygen atoms in total. The normalized spacial score (nSPS) is 13.4. The van der Waals surface area contributed by atoms with Crippen molar-refractivity contribution in [2.24, 2.45) is 0 Å². The quantitative estimate of drug-likeness (QED) is 0.644. The van der Waals surface area contributed by atoms with Gasteiger partial charge in [0.25, 0.3) is 15.9 Å². The first-order valence-electron chi connectivity index (χ1n) is 9.74. The number of nitrogens with one attached hydrogen (secondary N) is 1. The number of sulfonamides is 1. The van der Waals surface area contributed by atoms with Gasteiger partial charge in [-0.2, -0.15) is 0 Å². The summed E-state index contributed by atoms with van der Waals surface area (Å²) in [4.78, 5) is 14.8. The molecule has 0 aliphatic carbocycles. The van der Waals surface area contributed by atoms with Crippen LogP contribution in [0.25, 0.3) is 0 Å². The number of anilines is 2. The van der Waals surface area contributed by atoms with E-state index in [-0.39, 0.29) is 10.8 Å². The number of aryl methyl sites for hydroxylation is 1. The monoisotopic (exact) mass is 440 g/mol. The average Bonchev–Trinajstić information content (AvgIpc) is 2.78. The highest BCUT2D eigenvalue weighted by molar-refractivity contribution is 7.92. The van der Waals surface area contributed by atoms with Gasteiger partial charge in [-0.3, -0.25) is 9.52 Å². The Balaban J connectivity index is 1.52. The molecular weight excluding hydrogens is 419 g/mol. The molecular formula is C23H21FN2O4S. The first-order chi connectivity index (χ1) is 14.9. The zero-order valence-electron chi connectivity index (χ0n) is 16.8. The highest BCUT2D eigenvalue weighted by Gasteiger charge is 2.24. The number of fused-ring (bicyclic) bond motifs is 1. The van der Waals surface area contributed by atoms with Crippen LogP contribution in [0.5, 0.6) is 5.75 Å². The summed E-state index contributed by atoms with van der Waals surface area (Å²) in [7, 11) is -2.24. The van der Waals surface area contributed by atoms with Crippen molar-refractivity contribution in [1.82, 2.24) is 0 Å². The Kier molecular flexibility index (Phi) is 5.65. The van der Waals surface area contributed by atoms with Crippen LogP contribution in [0.15, 0.2) is 71.6 Å². The lowest BCUT2D eigenvalue weighted by atomic mass is 10.0. The molecule has 0 aromatic heterocycles. The lowest BCUT2D eigenvalue weighted by molar-refractivity contribution is 0.0985. The number of rotatable bonds is 5. The topological polar surface area (TPSA) is 75.7 Å². The van der Waals surface area contributed by atoms with E-state index >= 15 is 0 Å². The third-order valence-corrected chi connectivity index (χ3v) is 6.56. The Morgan fingerprint density at radius 2 is 1.74 bits per heavy atom. The Morgan fingerprint density at radius 1 is 1.03 bits per heavy atom. The van der Waals surface area contributed by atoms with Crippen molar-refractivity contribution in [1.29, 1.82) is 0 Å². The fraction of sp³-hybridized carbons (Fsp3) is 0.174. The second-order valence-electron chi connectivity index (χ2n) is 7.19. The Hall–Kier alpha value is -3.39. The molecule has 0 unspecified atom stereocenters. The number of methoxy groups -OCH3 is 1. The third-order valence-electron chi connectivity index (χ3n) is 5.16. The molecule has 0 atom stereocenters. The van der Waals surface area contributed by atoms with Gasteiger partial charge in [-0.1, -0.05) is 0 Å². The maximum absolute atomic E-state index is 13.1. The molecule has 1 amide bonds. The summed E-state index contributed by atoms with van der Waals surface area (Å²) in [5.74, 6) is 0.0874. The van der Waals surface area contributed by atoms with Crippen molar-refractivity contribution in [3.63, 3.8) is 0 Å². The number of hydrogen-bond donors (Lipinski definition) is 1. The zero-order chi connectivity index (χ0) is 22.0. The third kappa shape index (κ3) is 4.39. The summed E-state index contributed by atoms with van der Waals surface area (Å²) in [6.07, 6.45) is 1.72. The molecule has 4 rings (SSSR count). The number of benzene rings is 3. The second-order valence-corrected chi connectivity index (χ2v) is 8.87. The maximum atomic E-state index is 13.1. The van der Waals surface area contributed by atoms with Crippen molar-refractivity contribution >= 4 is 27.3 Å². The molecule has 0 saturated carbocycles. The largest absolute Gasteiger partial charge is 0.497 e. The van der Waals surface area contributed by atoms with E-state index in [1.807, 2.05) is 18.2 Å². The van der Waals surface area contributed by atoms with E-state index < -0.39 is 15.8 Å². The van der Waals surface area contributed by atoms with Crippen molar-refractivity contribution in [2.75, 3.05) is 23.3 Å². The van der Waals surface area contributed by atoms with Crippen LogP contribution in [0.1, 0.15) is 22.3 Å². The van der Waals surface area contributed by atoms with Gasteiger partial charge in [0, 0.05) is 23.5 Å².